The maximum absolute atomic E-state index is 13.2. The molecular formula is C19H25N5O4S. The van der Waals surface area contributed by atoms with Crippen molar-refractivity contribution in [3.05, 3.63) is 40.9 Å². The average molecular weight is 420 g/mol. The van der Waals surface area contributed by atoms with Gasteiger partial charge in [-0.2, -0.15) is 14.1 Å². The Morgan fingerprint density at radius 2 is 1.83 bits per heavy atom. The predicted octanol–water partition coefficient (Wildman–Crippen LogP) is 1.03. The van der Waals surface area contributed by atoms with Crippen LogP contribution in [0.5, 0.6) is 5.75 Å². The molecule has 4 rings (SSSR count). The number of rotatable bonds is 5. The number of piperazine rings is 1. The Labute approximate surface area is 170 Å². The molecule has 0 radical (unpaired) electrons. The molecule has 1 saturated heterocycles. The molecule has 1 aliphatic carbocycles. The highest BCUT2D eigenvalue weighted by Gasteiger charge is 2.28. The van der Waals surface area contributed by atoms with E-state index in [1.165, 1.54) is 15.2 Å². The molecule has 0 amide bonds. The van der Waals surface area contributed by atoms with Gasteiger partial charge < -0.3 is 9.64 Å². The highest BCUT2D eigenvalue weighted by Crippen LogP contribution is 2.30. The summed E-state index contributed by atoms with van der Waals surface area (Å²) in [6, 6.07) is 5.30. The van der Waals surface area contributed by atoms with Crippen LogP contribution >= 0.6 is 0 Å². The quantitative estimate of drug-likeness (QED) is 0.714. The number of pyridine rings is 1. The van der Waals surface area contributed by atoms with Gasteiger partial charge in [-0.05, 0) is 37.8 Å². The lowest BCUT2D eigenvalue weighted by molar-refractivity contribution is 0.205. The molecule has 3 heterocycles. The molecule has 1 saturated carbocycles. The lowest BCUT2D eigenvalue weighted by atomic mass is 10.2. The van der Waals surface area contributed by atoms with Crippen LogP contribution in [0, 0.1) is 0 Å². The van der Waals surface area contributed by atoms with Crippen molar-refractivity contribution in [3.8, 4) is 11.6 Å². The summed E-state index contributed by atoms with van der Waals surface area (Å²) in [6.07, 6.45) is 8.49. The standard InChI is InChI=1S/C19H25N5O4S/c1-29(26,27)23-12-10-22(11-13-23)16-14-21-24(17-8-4-5-9-20-17)19(25)18(16)28-15-6-2-3-7-15/h4-5,8-9,14-15H,2-3,6-7,10-13H2,1H3. The van der Waals surface area contributed by atoms with E-state index < -0.39 is 10.0 Å². The fourth-order valence-electron chi connectivity index (χ4n) is 3.84. The van der Waals surface area contributed by atoms with Crippen LogP contribution in [0.2, 0.25) is 0 Å². The van der Waals surface area contributed by atoms with E-state index in [1.807, 2.05) is 4.90 Å². The van der Waals surface area contributed by atoms with Gasteiger partial charge in [0.05, 0.1) is 18.6 Å². The fraction of sp³-hybridized carbons (Fsp3) is 0.526. The molecule has 29 heavy (non-hydrogen) atoms. The minimum absolute atomic E-state index is 0.0124. The van der Waals surface area contributed by atoms with E-state index in [2.05, 4.69) is 10.1 Å². The second-order valence-electron chi connectivity index (χ2n) is 7.44. The molecule has 0 unspecified atom stereocenters. The van der Waals surface area contributed by atoms with Crippen molar-refractivity contribution in [2.45, 2.75) is 31.8 Å². The molecule has 9 nitrogen and oxygen atoms in total. The molecule has 10 heteroatoms. The summed E-state index contributed by atoms with van der Waals surface area (Å²) in [4.78, 5) is 19.4. The molecule has 0 spiro atoms. The Kier molecular flexibility index (Phi) is 5.55. The third-order valence-electron chi connectivity index (χ3n) is 5.42. The van der Waals surface area contributed by atoms with Crippen molar-refractivity contribution in [2.75, 3.05) is 37.3 Å². The van der Waals surface area contributed by atoms with Crippen LogP contribution in [-0.2, 0) is 10.0 Å². The monoisotopic (exact) mass is 419 g/mol. The van der Waals surface area contributed by atoms with E-state index >= 15 is 0 Å². The van der Waals surface area contributed by atoms with Gasteiger partial charge in [-0.25, -0.2) is 13.4 Å². The third kappa shape index (κ3) is 4.27. The molecule has 0 atom stereocenters. The second kappa shape index (κ2) is 8.11. The zero-order valence-electron chi connectivity index (χ0n) is 16.4. The summed E-state index contributed by atoms with van der Waals surface area (Å²) in [5.41, 5.74) is 0.265. The first-order valence-electron chi connectivity index (χ1n) is 9.84. The maximum atomic E-state index is 13.2. The van der Waals surface area contributed by atoms with Crippen molar-refractivity contribution in [3.63, 3.8) is 0 Å². The molecular weight excluding hydrogens is 394 g/mol. The number of sulfonamides is 1. The summed E-state index contributed by atoms with van der Waals surface area (Å²) >= 11 is 0. The molecule has 2 fully saturated rings. The van der Waals surface area contributed by atoms with E-state index in [9.17, 15) is 13.2 Å². The highest BCUT2D eigenvalue weighted by atomic mass is 32.2. The lowest BCUT2D eigenvalue weighted by Gasteiger charge is -2.35. The minimum Gasteiger partial charge on any atom is -0.483 e. The van der Waals surface area contributed by atoms with Crippen LogP contribution < -0.4 is 15.2 Å². The van der Waals surface area contributed by atoms with Crippen molar-refractivity contribution in [1.82, 2.24) is 19.1 Å². The largest absolute Gasteiger partial charge is 0.483 e. The Hall–Kier alpha value is -2.46. The van der Waals surface area contributed by atoms with Gasteiger partial charge in [-0.3, -0.25) is 4.79 Å². The molecule has 0 N–H and O–H groups in total. The molecule has 2 aliphatic rings. The van der Waals surface area contributed by atoms with Gasteiger partial charge in [-0.1, -0.05) is 6.07 Å². The SMILES string of the molecule is CS(=O)(=O)N1CCN(c2cnn(-c3ccccn3)c(=O)c2OC2CCCC2)CC1. The first-order valence-corrected chi connectivity index (χ1v) is 11.7. The van der Waals surface area contributed by atoms with E-state index in [4.69, 9.17) is 4.74 Å². The third-order valence-corrected chi connectivity index (χ3v) is 6.72. The van der Waals surface area contributed by atoms with Crippen LogP contribution in [0.25, 0.3) is 5.82 Å². The first-order chi connectivity index (χ1) is 13.9. The maximum Gasteiger partial charge on any atom is 0.317 e. The van der Waals surface area contributed by atoms with E-state index in [1.54, 1.807) is 30.6 Å². The van der Waals surface area contributed by atoms with Crippen molar-refractivity contribution >= 4 is 15.7 Å². The fourth-order valence-corrected chi connectivity index (χ4v) is 4.67. The summed E-state index contributed by atoms with van der Waals surface area (Å²) in [5, 5.41) is 4.31. The molecule has 0 bridgehead atoms. The van der Waals surface area contributed by atoms with Crippen LogP contribution in [0.3, 0.4) is 0 Å². The van der Waals surface area contributed by atoms with Crippen LogP contribution in [0.4, 0.5) is 5.69 Å². The Morgan fingerprint density at radius 3 is 2.45 bits per heavy atom. The molecule has 2 aromatic heterocycles. The van der Waals surface area contributed by atoms with E-state index in [0.29, 0.717) is 37.7 Å². The van der Waals surface area contributed by atoms with Crippen LogP contribution in [0.1, 0.15) is 25.7 Å². The smallest absolute Gasteiger partial charge is 0.317 e. The molecule has 0 aromatic carbocycles. The molecule has 156 valence electrons. The van der Waals surface area contributed by atoms with Gasteiger partial charge in [0.15, 0.2) is 5.82 Å². The zero-order valence-corrected chi connectivity index (χ0v) is 17.2. The van der Waals surface area contributed by atoms with Crippen molar-refractivity contribution in [1.29, 1.82) is 0 Å². The topological polar surface area (TPSA) is 97.6 Å². The van der Waals surface area contributed by atoms with Crippen molar-refractivity contribution < 1.29 is 13.2 Å². The minimum atomic E-state index is -3.23. The van der Waals surface area contributed by atoms with Crippen molar-refractivity contribution in [2.24, 2.45) is 0 Å². The Balaban J connectivity index is 1.68. The number of hydrogen-bond donors (Lipinski definition) is 0. The number of aromatic nitrogens is 3. The number of ether oxygens (including phenoxy) is 1. The Bertz CT molecular complexity index is 1010. The highest BCUT2D eigenvalue weighted by molar-refractivity contribution is 7.88. The summed E-state index contributed by atoms with van der Waals surface area (Å²) < 4.78 is 32.5. The van der Waals surface area contributed by atoms with E-state index in [0.717, 1.165) is 25.7 Å². The molecule has 1 aliphatic heterocycles. The van der Waals surface area contributed by atoms with Crippen LogP contribution in [-0.4, -0.2) is 66.0 Å². The first kappa shape index (κ1) is 19.8. The van der Waals surface area contributed by atoms with Gasteiger partial charge in [0.25, 0.3) is 0 Å². The zero-order chi connectivity index (χ0) is 20.4. The van der Waals surface area contributed by atoms with Crippen LogP contribution in [0.15, 0.2) is 35.4 Å². The predicted molar refractivity (Wildman–Crippen MR) is 109 cm³/mol. The normalized spacial score (nSPS) is 18.9. The Morgan fingerprint density at radius 1 is 1.10 bits per heavy atom. The molecule has 2 aromatic rings. The van der Waals surface area contributed by atoms with Gasteiger partial charge in [-0.15, -0.1) is 0 Å². The van der Waals surface area contributed by atoms with E-state index in [-0.39, 0.29) is 17.4 Å². The summed E-state index contributed by atoms with van der Waals surface area (Å²) in [5.74, 6) is 0.701. The van der Waals surface area contributed by atoms with Gasteiger partial charge in [0.2, 0.25) is 15.8 Å². The second-order valence-corrected chi connectivity index (χ2v) is 9.42. The van der Waals surface area contributed by atoms with Gasteiger partial charge in [0.1, 0.15) is 5.69 Å². The number of anilines is 1. The number of nitrogens with zero attached hydrogens (tertiary/aromatic N) is 5. The summed E-state index contributed by atoms with van der Waals surface area (Å²) in [6.45, 7) is 1.68. The summed E-state index contributed by atoms with van der Waals surface area (Å²) in [7, 11) is -3.23. The van der Waals surface area contributed by atoms with Gasteiger partial charge in [0, 0.05) is 32.4 Å². The number of hydrogen-bond acceptors (Lipinski definition) is 7. The average Bonchev–Trinajstić information content (AvgIpc) is 3.23. The van der Waals surface area contributed by atoms with Gasteiger partial charge >= 0.3 is 5.56 Å². The lowest BCUT2D eigenvalue weighted by Crippen LogP contribution is -2.49.